The fourth-order valence-electron chi connectivity index (χ4n) is 5.55. The highest BCUT2D eigenvalue weighted by molar-refractivity contribution is 5.73. The minimum absolute atomic E-state index is 0.0601. The lowest BCUT2D eigenvalue weighted by molar-refractivity contribution is -0.145. The molecule has 2 saturated carbocycles. The Morgan fingerprint density at radius 1 is 1.06 bits per heavy atom. The number of aryl methyl sites for hydroxylation is 1. The van der Waals surface area contributed by atoms with Crippen molar-refractivity contribution in [2.45, 2.75) is 70.6 Å². The van der Waals surface area contributed by atoms with Gasteiger partial charge >= 0.3 is 5.97 Å². The Bertz CT molecular complexity index is 944. The molecule has 2 unspecified atom stereocenters. The zero-order valence-corrected chi connectivity index (χ0v) is 20.2. The Hall–Kier alpha value is -2.36. The van der Waals surface area contributed by atoms with Gasteiger partial charge in [0.1, 0.15) is 11.6 Å². The summed E-state index contributed by atoms with van der Waals surface area (Å²) >= 11 is 0. The Morgan fingerprint density at radius 2 is 1.82 bits per heavy atom. The summed E-state index contributed by atoms with van der Waals surface area (Å²) in [4.78, 5) is 12.2. The number of carbonyl (C=O) groups is 1. The van der Waals surface area contributed by atoms with E-state index in [2.05, 4.69) is 25.1 Å². The van der Waals surface area contributed by atoms with Crippen molar-refractivity contribution in [1.29, 1.82) is 0 Å². The molecule has 0 aromatic heterocycles. The van der Waals surface area contributed by atoms with Crippen molar-refractivity contribution < 1.29 is 18.7 Å². The molecule has 2 aliphatic rings. The Labute approximate surface area is 197 Å². The highest BCUT2D eigenvalue weighted by Crippen LogP contribution is 2.47. The van der Waals surface area contributed by atoms with Crippen molar-refractivity contribution in [1.82, 2.24) is 0 Å². The van der Waals surface area contributed by atoms with Gasteiger partial charge in [0.15, 0.2) is 0 Å². The maximum Gasteiger partial charge on any atom is 0.309 e. The van der Waals surface area contributed by atoms with Gasteiger partial charge < -0.3 is 9.47 Å². The fraction of sp³-hybridized carbons (Fsp3) is 0.552. The minimum Gasteiger partial charge on any atom is -0.493 e. The van der Waals surface area contributed by atoms with Crippen LogP contribution >= 0.6 is 0 Å². The molecular weight excluding hydrogens is 415 g/mol. The summed E-state index contributed by atoms with van der Waals surface area (Å²) in [5, 5.41) is 0. The molecule has 2 atom stereocenters. The molecule has 2 aromatic carbocycles. The first-order valence-corrected chi connectivity index (χ1v) is 12.6. The van der Waals surface area contributed by atoms with Gasteiger partial charge in [-0.1, -0.05) is 38.1 Å². The highest BCUT2D eigenvalue weighted by Gasteiger charge is 2.39. The summed E-state index contributed by atoms with van der Waals surface area (Å²) in [6.45, 7) is 4.78. The number of ether oxygens (including phenoxy) is 2. The average Bonchev–Trinajstić information content (AvgIpc) is 3.68. The Morgan fingerprint density at radius 3 is 2.48 bits per heavy atom. The summed E-state index contributed by atoms with van der Waals surface area (Å²) in [6.07, 6.45) is 7.42. The number of esters is 1. The molecule has 33 heavy (non-hydrogen) atoms. The molecule has 0 amide bonds. The number of carbonyl (C=O) groups excluding carboxylic acids is 1. The third-order valence-electron chi connectivity index (χ3n) is 7.73. The Kier molecular flexibility index (Phi) is 7.72. The Balaban J connectivity index is 1.34. The van der Waals surface area contributed by atoms with E-state index >= 15 is 0 Å². The van der Waals surface area contributed by atoms with Gasteiger partial charge in [-0.3, -0.25) is 4.79 Å². The SMILES string of the molecule is CCc1ccc(F)c(C2CCC(COc3cccc(C(C4CC4)C(C)C(=O)OC)c3)CC2)c1. The van der Waals surface area contributed by atoms with Crippen LogP contribution in [0.15, 0.2) is 42.5 Å². The van der Waals surface area contributed by atoms with Crippen LogP contribution in [0.25, 0.3) is 0 Å². The fourth-order valence-corrected chi connectivity index (χ4v) is 5.55. The third kappa shape index (κ3) is 5.77. The van der Waals surface area contributed by atoms with Crippen LogP contribution in [0.4, 0.5) is 4.39 Å². The number of hydrogen-bond acceptors (Lipinski definition) is 3. The molecule has 2 aromatic rings. The molecule has 0 saturated heterocycles. The van der Waals surface area contributed by atoms with Crippen LogP contribution < -0.4 is 4.74 Å². The van der Waals surface area contributed by atoms with E-state index in [0.717, 1.165) is 43.4 Å². The van der Waals surface area contributed by atoms with Crippen molar-refractivity contribution in [2.24, 2.45) is 17.8 Å². The molecule has 3 nitrogen and oxygen atoms in total. The van der Waals surface area contributed by atoms with E-state index < -0.39 is 0 Å². The molecule has 0 bridgehead atoms. The molecular formula is C29H37FO3. The largest absolute Gasteiger partial charge is 0.493 e. The van der Waals surface area contributed by atoms with Crippen LogP contribution in [0.3, 0.4) is 0 Å². The van der Waals surface area contributed by atoms with Gasteiger partial charge in [0.05, 0.1) is 19.6 Å². The lowest BCUT2D eigenvalue weighted by Crippen LogP contribution is -2.22. The monoisotopic (exact) mass is 452 g/mol. The number of benzene rings is 2. The highest BCUT2D eigenvalue weighted by atomic mass is 19.1. The van der Waals surface area contributed by atoms with E-state index in [1.165, 1.54) is 31.1 Å². The summed E-state index contributed by atoms with van der Waals surface area (Å²) in [5.74, 6) is 2.07. The molecule has 0 radical (unpaired) electrons. The molecule has 4 heteroatoms. The van der Waals surface area contributed by atoms with Crippen LogP contribution in [0.5, 0.6) is 5.75 Å². The number of rotatable bonds is 9. The second-order valence-electron chi connectivity index (χ2n) is 9.99. The first kappa shape index (κ1) is 23.8. The maximum absolute atomic E-state index is 14.4. The quantitative estimate of drug-likeness (QED) is 0.383. The van der Waals surface area contributed by atoms with Gasteiger partial charge in [-0.15, -0.1) is 0 Å². The molecule has 2 fully saturated rings. The van der Waals surface area contributed by atoms with Crippen molar-refractivity contribution in [3.63, 3.8) is 0 Å². The smallest absolute Gasteiger partial charge is 0.309 e. The second kappa shape index (κ2) is 10.7. The van der Waals surface area contributed by atoms with Gasteiger partial charge in [0.2, 0.25) is 0 Å². The van der Waals surface area contributed by atoms with E-state index in [1.54, 1.807) is 6.07 Å². The lowest BCUT2D eigenvalue weighted by Gasteiger charge is -2.29. The summed E-state index contributed by atoms with van der Waals surface area (Å²) in [7, 11) is 1.46. The van der Waals surface area contributed by atoms with Crippen molar-refractivity contribution in [3.8, 4) is 5.75 Å². The van der Waals surface area contributed by atoms with Gasteiger partial charge in [0, 0.05) is 0 Å². The number of hydrogen-bond donors (Lipinski definition) is 0. The van der Waals surface area contributed by atoms with Crippen LogP contribution in [0.2, 0.25) is 0 Å². The van der Waals surface area contributed by atoms with Crippen molar-refractivity contribution in [3.05, 3.63) is 65.0 Å². The predicted molar refractivity (Wildman–Crippen MR) is 129 cm³/mol. The first-order chi connectivity index (χ1) is 16.0. The van der Waals surface area contributed by atoms with Crippen LogP contribution in [0, 0.1) is 23.6 Å². The van der Waals surface area contributed by atoms with Crippen molar-refractivity contribution in [2.75, 3.05) is 13.7 Å². The maximum atomic E-state index is 14.4. The van der Waals surface area contributed by atoms with Crippen LogP contribution in [-0.2, 0) is 16.0 Å². The van der Waals surface area contributed by atoms with E-state index in [4.69, 9.17) is 9.47 Å². The van der Waals surface area contributed by atoms with Gasteiger partial charge in [-0.05, 0) is 104 Å². The number of halogens is 1. The average molecular weight is 453 g/mol. The second-order valence-corrected chi connectivity index (χ2v) is 9.99. The predicted octanol–water partition coefficient (Wildman–Crippen LogP) is 7.04. The normalized spacial score (nSPS) is 22.4. The molecule has 0 N–H and O–H groups in total. The molecule has 0 spiro atoms. The molecule has 2 aliphatic carbocycles. The number of methoxy groups -OCH3 is 1. The standard InChI is InChI=1S/C29H37FO3/c1-4-20-10-15-27(30)26(16-20)22-11-8-21(9-12-22)18-33-25-7-5-6-24(17-25)28(23-13-14-23)19(2)29(31)32-3/h5-7,10,15-17,19,21-23,28H,4,8-9,11-14,18H2,1-3H3. The summed E-state index contributed by atoms with van der Waals surface area (Å²) < 4.78 is 25.6. The summed E-state index contributed by atoms with van der Waals surface area (Å²) in [6, 6.07) is 13.9. The molecule has 0 aliphatic heterocycles. The molecule has 4 rings (SSSR count). The van der Waals surface area contributed by atoms with Crippen LogP contribution in [0.1, 0.15) is 80.9 Å². The topological polar surface area (TPSA) is 35.5 Å². The summed E-state index contributed by atoms with van der Waals surface area (Å²) in [5.41, 5.74) is 3.28. The van der Waals surface area contributed by atoms with Gasteiger partial charge in [-0.25, -0.2) is 4.39 Å². The van der Waals surface area contributed by atoms with Gasteiger partial charge in [0.25, 0.3) is 0 Å². The van der Waals surface area contributed by atoms with Crippen molar-refractivity contribution >= 4 is 5.97 Å². The first-order valence-electron chi connectivity index (χ1n) is 12.6. The van der Waals surface area contributed by atoms with Crippen LogP contribution in [-0.4, -0.2) is 19.7 Å². The lowest BCUT2D eigenvalue weighted by atomic mass is 9.78. The van der Waals surface area contributed by atoms with E-state index in [-0.39, 0.29) is 23.6 Å². The zero-order chi connectivity index (χ0) is 23.4. The third-order valence-corrected chi connectivity index (χ3v) is 7.73. The van der Waals surface area contributed by atoms with Gasteiger partial charge in [-0.2, -0.15) is 0 Å². The van der Waals surface area contributed by atoms with E-state index in [1.807, 2.05) is 25.1 Å². The molecule has 178 valence electrons. The van der Waals surface area contributed by atoms with E-state index in [9.17, 15) is 9.18 Å². The zero-order valence-electron chi connectivity index (χ0n) is 20.2. The minimum atomic E-state index is -0.153. The van der Waals surface area contributed by atoms with E-state index in [0.29, 0.717) is 24.4 Å². The molecule has 0 heterocycles.